The molecule has 21 heavy (non-hydrogen) atoms. The molecule has 112 valence electrons. The molecule has 0 amide bonds. The average Bonchev–Trinajstić information content (AvgIpc) is 2.52. The Morgan fingerprint density at radius 1 is 1.19 bits per heavy atom. The lowest BCUT2D eigenvalue weighted by molar-refractivity contribution is 0.413. The molecule has 0 aliphatic heterocycles. The fourth-order valence-corrected chi connectivity index (χ4v) is 1.66. The minimum atomic E-state index is 0.563. The lowest BCUT2D eigenvalue weighted by Gasteiger charge is -2.13. The molecule has 0 saturated heterocycles. The molecule has 0 aromatic carbocycles. The summed E-state index contributed by atoms with van der Waals surface area (Å²) in [6.07, 6.45) is 4.35. The third-order valence-corrected chi connectivity index (χ3v) is 2.76. The highest BCUT2D eigenvalue weighted by atomic mass is 16.5. The van der Waals surface area contributed by atoms with E-state index in [-0.39, 0.29) is 0 Å². The van der Waals surface area contributed by atoms with Gasteiger partial charge in [-0.15, -0.1) is 0 Å². The van der Waals surface area contributed by atoms with Crippen LogP contribution in [0.4, 0.5) is 11.9 Å². The Morgan fingerprint density at radius 3 is 2.67 bits per heavy atom. The highest BCUT2D eigenvalue weighted by molar-refractivity contribution is 5.58. The van der Waals surface area contributed by atoms with Crippen molar-refractivity contribution in [3.05, 3.63) is 18.5 Å². The Hall–Kier alpha value is -2.44. The van der Waals surface area contributed by atoms with Gasteiger partial charge in [-0.3, -0.25) is 4.98 Å². The van der Waals surface area contributed by atoms with Gasteiger partial charge in [-0.25, -0.2) is 0 Å². The van der Waals surface area contributed by atoms with Gasteiger partial charge in [0.25, 0.3) is 0 Å². The van der Waals surface area contributed by atoms with E-state index in [1.807, 2.05) is 25.1 Å². The zero-order valence-electron chi connectivity index (χ0n) is 12.8. The standard InChI is InChI=1S/C14H20N6O/c1-5-6-16-13-17-12(18-14(19-13)20(2)3)10-7-11(21-4)9-15-8-10/h7-9H,5-6H2,1-4H3,(H,16,17,18,19). The number of anilines is 2. The number of nitrogens with one attached hydrogen (secondary N) is 1. The van der Waals surface area contributed by atoms with E-state index in [9.17, 15) is 0 Å². The highest BCUT2D eigenvalue weighted by Gasteiger charge is 2.10. The summed E-state index contributed by atoms with van der Waals surface area (Å²) in [4.78, 5) is 19.3. The van der Waals surface area contributed by atoms with Gasteiger partial charge in [0.05, 0.1) is 13.3 Å². The zero-order valence-corrected chi connectivity index (χ0v) is 12.8. The van der Waals surface area contributed by atoms with Crippen molar-refractivity contribution in [3.63, 3.8) is 0 Å². The van der Waals surface area contributed by atoms with Crippen LogP contribution in [0.5, 0.6) is 5.75 Å². The molecule has 0 spiro atoms. The normalized spacial score (nSPS) is 10.3. The van der Waals surface area contributed by atoms with Gasteiger partial charge in [0, 0.05) is 32.4 Å². The molecule has 0 bridgehead atoms. The summed E-state index contributed by atoms with van der Waals surface area (Å²) in [6, 6.07) is 1.85. The lowest BCUT2D eigenvalue weighted by Crippen LogP contribution is -2.16. The van der Waals surface area contributed by atoms with Gasteiger partial charge < -0.3 is 15.0 Å². The summed E-state index contributed by atoms with van der Waals surface area (Å²) in [6.45, 7) is 2.90. The second-order valence-electron chi connectivity index (χ2n) is 4.72. The summed E-state index contributed by atoms with van der Waals surface area (Å²) >= 11 is 0. The molecule has 2 aromatic heterocycles. The molecular weight excluding hydrogens is 268 g/mol. The van der Waals surface area contributed by atoms with Crippen molar-refractivity contribution in [1.29, 1.82) is 0 Å². The van der Waals surface area contributed by atoms with Crippen molar-refractivity contribution in [2.24, 2.45) is 0 Å². The van der Waals surface area contributed by atoms with Crippen LogP contribution >= 0.6 is 0 Å². The number of ether oxygens (including phenoxy) is 1. The Morgan fingerprint density at radius 2 is 2.00 bits per heavy atom. The van der Waals surface area contributed by atoms with Crippen LogP contribution in [0.15, 0.2) is 18.5 Å². The summed E-state index contributed by atoms with van der Waals surface area (Å²) < 4.78 is 5.19. The Balaban J connectivity index is 2.43. The first-order valence-electron chi connectivity index (χ1n) is 6.80. The molecule has 2 heterocycles. The molecule has 0 aliphatic carbocycles. The highest BCUT2D eigenvalue weighted by Crippen LogP contribution is 2.21. The van der Waals surface area contributed by atoms with Crippen molar-refractivity contribution in [2.45, 2.75) is 13.3 Å². The van der Waals surface area contributed by atoms with Gasteiger partial charge in [0.15, 0.2) is 5.82 Å². The predicted octanol–water partition coefficient (Wildman–Crippen LogP) is 1.83. The van der Waals surface area contributed by atoms with Crippen LogP contribution in [0.3, 0.4) is 0 Å². The van der Waals surface area contributed by atoms with E-state index in [4.69, 9.17) is 4.74 Å². The van der Waals surface area contributed by atoms with E-state index in [2.05, 4.69) is 32.2 Å². The van der Waals surface area contributed by atoms with Gasteiger partial charge >= 0.3 is 0 Å². The van der Waals surface area contributed by atoms with Crippen LogP contribution in [0.1, 0.15) is 13.3 Å². The topological polar surface area (TPSA) is 76.1 Å². The first-order chi connectivity index (χ1) is 10.1. The van der Waals surface area contributed by atoms with Crippen LogP contribution in [-0.4, -0.2) is 47.7 Å². The minimum absolute atomic E-state index is 0.563. The third kappa shape index (κ3) is 3.77. The molecule has 0 saturated carbocycles. The van der Waals surface area contributed by atoms with E-state index in [1.165, 1.54) is 0 Å². The van der Waals surface area contributed by atoms with E-state index in [0.29, 0.717) is 23.5 Å². The molecule has 7 heteroatoms. The molecule has 0 radical (unpaired) electrons. The van der Waals surface area contributed by atoms with Gasteiger partial charge in [-0.2, -0.15) is 15.0 Å². The number of rotatable bonds is 6. The average molecular weight is 288 g/mol. The van der Waals surface area contributed by atoms with E-state index < -0.39 is 0 Å². The monoisotopic (exact) mass is 288 g/mol. The third-order valence-electron chi connectivity index (χ3n) is 2.76. The largest absolute Gasteiger partial charge is 0.495 e. The molecular formula is C14H20N6O. The Labute approximate surface area is 124 Å². The Kier molecular flexibility index (Phi) is 4.86. The van der Waals surface area contributed by atoms with Crippen LogP contribution < -0.4 is 15.0 Å². The van der Waals surface area contributed by atoms with Gasteiger partial charge in [-0.1, -0.05) is 6.92 Å². The first kappa shape index (κ1) is 15.0. The van der Waals surface area contributed by atoms with E-state index in [1.54, 1.807) is 19.5 Å². The molecule has 0 aliphatic rings. The second kappa shape index (κ2) is 6.83. The second-order valence-corrected chi connectivity index (χ2v) is 4.72. The quantitative estimate of drug-likeness (QED) is 0.869. The first-order valence-corrected chi connectivity index (χ1v) is 6.80. The fourth-order valence-electron chi connectivity index (χ4n) is 1.66. The van der Waals surface area contributed by atoms with Crippen LogP contribution in [0.2, 0.25) is 0 Å². The molecule has 7 nitrogen and oxygen atoms in total. The number of methoxy groups -OCH3 is 1. The maximum Gasteiger partial charge on any atom is 0.230 e. The number of hydrogen-bond acceptors (Lipinski definition) is 7. The SMILES string of the molecule is CCCNc1nc(-c2cncc(OC)c2)nc(N(C)C)n1. The van der Waals surface area contributed by atoms with Crippen molar-refractivity contribution in [3.8, 4) is 17.1 Å². The molecule has 0 fully saturated rings. The number of aromatic nitrogens is 4. The van der Waals surface area contributed by atoms with Gasteiger partial charge in [0.2, 0.25) is 11.9 Å². The van der Waals surface area contributed by atoms with Crippen LogP contribution in [0, 0.1) is 0 Å². The Bertz CT molecular complexity index is 602. The van der Waals surface area contributed by atoms with Crippen molar-refractivity contribution in [1.82, 2.24) is 19.9 Å². The number of pyridine rings is 1. The van der Waals surface area contributed by atoms with E-state index >= 15 is 0 Å². The summed E-state index contributed by atoms with van der Waals surface area (Å²) in [7, 11) is 5.40. The summed E-state index contributed by atoms with van der Waals surface area (Å²) in [5.41, 5.74) is 0.791. The maximum atomic E-state index is 5.19. The molecule has 2 aromatic rings. The smallest absolute Gasteiger partial charge is 0.230 e. The van der Waals surface area contributed by atoms with E-state index in [0.717, 1.165) is 18.5 Å². The predicted molar refractivity (Wildman–Crippen MR) is 82.7 cm³/mol. The molecule has 0 unspecified atom stereocenters. The molecule has 2 rings (SSSR count). The lowest BCUT2D eigenvalue weighted by atomic mass is 10.2. The molecule has 0 atom stereocenters. The number of nitrogens with zero attached hydrogens (tertiary/aromatic N) is 5. The van der Waals surface area contributed by atoms with Crippen molar-refractivity contribution in [2.75, 3.05) is 38.0 Å². The van der Waals surface area contributed by atoms with Crippen molar-refractivity contribution < 1.29 is 4.74 Å². The summed E-state index contributed by atoms with van der Waals surface area (Å²) in [5.74, 6) is 2.40. The van der Waals surface area contributed by atoms with Crippen LogP contribution in [-0.2, 0) is 0 Å². The zero-order chi connectivity index (χ0) is 15.2. The number of hydrogen-bond donors (Lipinski definition) is 1. The van der Waals surface area contributed by atoms with Gasteiger partial charge in [-0.05, 0) is 12.5 Å². The van der Waals surface area contributed by atoms with Gasteiger partial charge in [0.1, 0.15) is 5.75 Å². The molecule has 1 N–H and O–H groups in total. The summed E-state index contributed by atoms with van der Waals surface area (Å²) in [5, 5.41) is 3.19. The maximum absolute atomic E-state index is 5.19. The minimum Gasteiger partial charge on any atom is -0.495 e. The van der Waals surface area contributed by atoms with Crippen molar-refractivity contribution >= 4 is 11.9 Å². The fraction of sp³-hybridized carbons (Fsp3) is 0.429. The van der Waals surface area contributed by atoms with Crippen LogP contribution in [0.25, 0.3) is 11.4 Å².